The van der Waals surface area contributed by atoms with Crippen LogP contribution in [0, 0.1) is 0 Å². The highest BCUT2D eigenvalue weighted by molar-refractivity contribution is 9.11. The van der Waals surface area contributed by atoms with E-state index in [4.69, 9.17) is 5.73 Å². The Morgan fingerprint density at radius 2 is 1.92 bits per heavy atom. The first-order chi connectivity index (χ1) is 5.74. The van der Waals surface area contributed by atoms with E-state index in [1.807, 2.05) is 18.2 Å². The maximum Gasteiger partial charge on any atom is 0.248 e. The van der Waals surface area contributed by atoms with E-state index in [0.717, 1.165) is 5.56 Å². The molecule has 0 aliphatic rings. The highest BCUT2D eigenvalue weighted by Crippen LogP contribution is 2.06. The van der Waals surface area contributed by atoms with Crippen LogP contribution in [0.2, 0.25) is 0 Å². The molecule has 62 valence electrons. The van der Waals surface area contributed by atoms with Gasteiger partial charge in [0.2, 0.25) is 5.91 Å². The minimum Gasteiger partial charge on any atom is -0.366 e. The van der Waals surface area contributed by atoms with Crippen molar-refractivity contribution in [2.45, 2.75) is 0 Å². The molecule has 3 heteroatoms. The average Bonchev–Trinajstić information content (AvgIpc) is 2.06. The van der Waals surface area contributed by atoms with E-state index in [-0.39, 0.29) is 0 Å². The molecule has 0 aliphatic carbocycles. The zero-order valence-corrected chi connectivity index (χ0v) is 7.91. The predicted octanol–water partition coefficient (Wildman–Crippen LogP) is 2.15. The zero-order chi connectivity index (χ0) is 8.97. The van der Waals surface area contributed by atoms with Crippen molar-refractivity contribution in [2.24, 2.45) is 5.73 Å². The fraction of sp³-hybridized carbons (Fsp3) is 0. The Morgan fingerprint density at radius 3 is 2.33 bits per heavy atom. The number of carbonyl (C=O) groups is 1. The summed E-state index contributed by atoms with van der Waals surface area (Å²) >= 11 is 3.16. The van der Waals surface area contributed by atoms with Gasteiger partial charge in [-0.15, -0.1) is 0 Å². The van der Waals surface area contributed by atoms with Gasteiger partial charge in [-0.3, -0.25) is 4.79 Å². The monoisotopic (exact) mass is 225 g/mol. The summed E-state index contributed by atoms with van der Waals surface area (Å²) in [6.45, 7) is 0. The summed E-state index contributed by atoms with van der Waals surface area (Å²) in [6, 6.07) is 7.06. The van der Waals surface area contributed by atoms with Gasteiger partial charge in [0.05, 0.1) is 0 Å². The Balaban J connectivity index is 2.93. The maximum absolute atomic E-state index is 10.7. The molecule has 2 nitrogen and oxygen atoms in total. The van der Waals surface area contributed by atoms with Crippen molar-refractivity contribution in [3.63, 3.8) is 0 Å². The molecule has 0 spiro atoms. The number of hydrogen-bond donors (Lipinski definition) is 1. The summed E-state index contributed by atoms with van der Waals surface area (Å²) in [4.78, 5) is 12.4. The number of halogens is 1. The van der Waals surface area contributed by atoms with Gasteiger partial charge in [-0.25, -0.2) is 0 Å². The van der Waals surface area contributed by atoms with E-state index < -0.39 is 5.91 Å². The molecule has 0 saturated carbocycles. The highest BCUT2D eigenvalue weighted by Gasteiger charge is 1.96. The summed E-state index contributed by atoms with van der Waals surface area (Å²) < 4.78 is 0. The Labute approximate surface area is 79.2 Å². The van der Waals surface area contributed by atoms with Gasteiger partial charge in [-0.2, -0.15) is 0 Å². The van der Waals surface area contributed by atoms with E-state index >= 15 is 0 Å². The Morgan fingerprint density at radius 1 is 1.33 bits per heavy atom. The first kappa shape index (κ1) is 9.00. The molecular weight excluding hydrogens is 218 g/mol. The largest absolute Gasteiger partial charge is 0.366 e. The van der Waals surface area contributed by atoms with Crippen molar-refractivity contribution < 1.29 is 4.79 Å². The van der Waals surface area contributed by atoms with E-state index in [0.29, 0.717) is 5.56 Å². The number of amides is 1. The number of benzene rings is 1. The molecular formula is C9H8BrNO. The van der Waals surface area contributed by atoms with Crippen LogP contribution >= 0.6 is 15.9 Å². The van der Waals surface area contributed by atoms with Gasteiger partial charge in [-0.1, -0.05) is 28.1 Å². The number of rotatable bonds is 2. The Hall–Kier alpha value is -1.09. The molecule has 1 amide bonds. The van der Waals surface area contributed by atoms with Gasteiger partial charge in [0.15, 0.2) is 0 Å². The molecule has 0 saturated heterocycles. The molecule has 1 rings (SSSR count). The highest BCUT2D eigenvalue weighted by atomic mass is 79.9. The molecule has 1 aromatic rings. The van der Waals surface area contributed by atoms with E-state index in [2.05, 4.69) is 15.9 Å². The quantitative estimate of drug-likeness (QED) is 0.824. The fourth-order valence-electron chi connectivity index (χ4n) is 0.831. The van der Waals surface area contributed by atoms with Crippen LogP contribution in [-0.2, 0) is 0 Å². The lowest BCUT2D eigenvalue weighted by molar-refractivity contribution is 0.100. The second-order valence-electron chi connectivity index (χ2n) is 2.28. The van der Waals surface area contributed by atoms with Crippen molar-refractivity contribution >= 4 is 27.9 Å². The van der Waals surface area contributed by atoms with Crippen LogP contribution in [0.3, 0.4) is 0 Å². The molecule has 0 aromatic heterocycles. The first-order valence-electron chi connectivity index (χ1n) is 3.40. The lowest BCUT2D eigenvalue weighted by Crippen LogP contribution is -2.10. The molecule has 0 aliphatic heterocycles. The van der Waals surface area contributed by atoms with Crippen LogP contribution in [-0.4, -0.2) is 5.91 Å². The van der Waals surface area contributed by atoms with Crippen LogP contribution in [0.15, 0.2) is 29.3 Å². The van der Waals surface area contributed by atoms with Crippen molar-refractivity contribution in [2.75, 3.05) is 0 Å². The molecule has 0 heterocycles. The maximum atomic E-state index is 10.7. The van der Waals surface area contributed by atoms with Crippen LogP contribution in [0.1, 0.15) is 15.9 Å². The summed E-state index contributed by atoms with van der Waals surface area (Å²) in [5, 5.41) is 0. The molecule has 0 radical (unpaired) electrons. The predicted molar refractivity (Wildman–Crippen MR) is 52.9 cm³/mol. The van der Waals surface area contributed by atoms with Gasteiger partial charge in [0.1, 0.15) is 0 Å². The summed E-state index contributed by atoms with van der Waals surface area (Å²) in [7, 11) is 0. The lowest BCUT2D eigenvalue weighted by Gasteiger charge is -1.95. The summed E-state index contributed by atoms with van der Waals surface area (Å²) in [5.41, 5.74) is 6.63. The van der Waals surface area contributed by atoms with Gasteiger partial charge in [-0.05, 0) is 28.8 Å². The first-order valence-corrected chi connectivity index (χ1v) is 4.32. The van der Waals surface area contributed by atoms with Crippen molar-refractivity contribution in [3.05, 3.63) is 40.4 Å². The third kappa shape index (κ3) is 2.20. The molecule has 1 aromatic carbocycles. The van der Waals surface area contributed by atoms with Crippen molar-refractivity contribution in [1.29, 1.82) is 0 Å². The van der Waals surface area contributed by atoms with E-state index in [9.17, 15) is 4.79 Å². The van der Waals surface area contributed by atoms with Crippen LogP contribution in [0.25, 0.3) is 6.08 Å². The Bertz CT molecular complexity index is 303. The van der Waals surface area contributed by atoms with Crippen LogP contribution in [0.5, 0.6) is 0 Å². The number of primary amides is 1. The molecule has 2 N–H and O–H groups in total. The van der Waals surface area contributed by atoms with Gasteiger partial charge in [0.25, 0.3) is 0 Å². The third-order valence-electron chi connectivity index (χ3n) is 1.45. The second-order valence-corrected chi connectivity index (χ2v) is 2.81. The van der Waals surface area contributed by atoms with Gasteiger partial charge < -0.3 is 5.73 Å². The molecule has 0 fully saturated rings. The zero-order valence-electron chi connectivity index (χ0n) is 6.33. The van der Waals surface area contributed by atoms with Crippen molar-refractivity contribution in [1.82, 2.24) is 0 Å². The molecule has 0 bridgehead atoms. The molecule has 0 atom stereocenters. The number of carbonyl (C=O) groups excluding carboxylic acids is 1. The van der Waals surface area contributed by atoms with Crippen molar-refractivity contribution in [3.8, 4) is 0 Å². The summed E-state index contributed by atoms with van der Waals surface area (Å²) in [5.74, 6) is -0.399. The van der Waals surface area contributed by atoms with E-state index in [1.165, 1.54) is 0 Å². The van der Waals surface area contributed by atoms with E-state index in [1.54, 1.807) is 17.1 Å². The fourth-order valence-corrected chi connectivity index (χ4v) is 1.14. The summed E-state index contributed by atoms with van der Waals surface area (Å²) in [6.07, 6.45) is 1.88. The third-order valence-corrected chi connectivity index (χ3v) is 1.71. The topological polar surface area (TPSA) is 43.1 Å². The lowest BCUT2D eigenvalue weighted by atomic mass is 10.1. The SMILES string of the molecule is NC(=O)c1ccc(/C=C/Br)cc1. The smallest absolute Gasteiger partial charge is 0.248 e. The minimum atomic E-state index is -0.399. The average molecular weight is 226 g/mol. The van der Waals surface area contributed by atoms with Crippen LogP contribution < -0.4 is 5.73 Å². The minimum absolute atomic E-state index is 0.399. The Kier molecular flexibility index (Phi) is 3.05. The van der Waals surface area contributed by atoms with Gasteiger partial charge in [0, 0.05) is 5.56 Å². The standard InChI is InChI=1S/C9H8BrNO/c10-6-5-7-1-3-8(4-2-7)9(11)12/h1-6H,(H2,11,12)/b6-5+. The second kappa shape index (κ2) is 4.07. The molecule has 0 unspecified atom stereocenters. The molecule has 12 heavy (non-hydrogen) atoms. The number of nitrogens with two attached hydrogens (primary N) is 1. The van der Waals surface area contributed by atoms with Gasteiger partial charge >= 0.3 is 0 Å². The number of hydrogen-bond acceptors (Lipinski definition) is 1. The normalized spacial score (nSPS) is 10.4. The van der Waals surface area contributed by atoms with Crippen LogP contribution in [0.4, 0.5) is 0 Å².